The predicted octanol–water partition coefficient (Wildman–Crippen LogP) is 1.79. The first-order valence-electron chi connectivity index (χ1n) is 5.32. The summed E-state index contributed by atoms with van der Waals surface area (Å²) in [5.74, 6) is 2.00. The maximum absolute atomic E-state index is 5.55. The third kappa shape index (κ3) is 2.30. The van der Waals surface area contributed by atoms with Crippen molar-refractivity contribution in [2.45, 2.75) is 19.8 Å². The van der Waals surface area contributed by atoms with E-state index in [0.29, 0.717) is 11.8 Å². The van der Waals surface area contributed by atoms with Crippen LogP contribution in [0.2, 0.25) is 0 Å². The van der Waals surface area contributed by atoms with E-state index >= 15 is 0 Å². The molecule has 5 heteroatoms. The van der Waals surface area contributed by atoms with Crippen LogP contribution in [0.25, 0.3) is 11.5 Å². The maximum Gasteiger partial charge on any atom is 0.251 e. The summed E-state index contributed by atoms with van der Waals surface area (Å²) < 4.78 is 10.7. The smallest absolute Gasteiger partial charge is 0.251 e. The van der Waals surface area contributed by atoms with Gasteiger partial charge in [0, 0.05) is 6.42 Å². The SMILES string of the molecule is CNCCCc1nnc(-c2ccoc2C)o1. The Hall–Kier alpha value is -1.62. The summed E-state index contributed by atoms with van der Waals surface area (Å²) in [5.41, 5.74) is 0.868. The summed E-state index contributed by atoms with van der Waals surface area (Å²) in [6.45, 7) is 2.82. The van der Waals surface area contributed by atoms with Gasteiger partial charge in [0.1, 0.15) is 5.76 Å². The minimum atomic E-state index is 0.533. The van der Waals surface area contributed by atoms with Crippen molar-refractivity contribution in [3.05, 3.63) is 24.0 Å². The maximum atomic E-state index is 5.55. The minimum Gasteiger partial charge on any atom is -0.469 e. The lowest BCUT2D eigenvalue weighted by molar-refractivity contribution is 0.491. The summed E-state index contributed by atoms with van der Waals surface area (Å²) in [4.78, 5) is 0. The molecule has 16 heavy (non-hydrogen) atoms. The fraction of sp³-hybridized carbons (Fsp3) is 0.455. The molecule has 2 heterocycles. The molecule has 5 nitrogen and oxygen atoms in total. The molecule has 0 aliphatic rings. The van der Waals surface area contributed by atoms with Crippen molar-refractivity contribution in [3.63, 3.8) is 0 Å². The van der Waals surface area contributed by atoms with E-state index in [1.165, 1.54) is 0 Å². The second-order valence-electron chi connectivity index (χ2n) is 3.60. The summed E-state index contributed by atoms with van der Waals surface area (Å²) in [6, 6.07) is 1.83. The molecule has 0 atom stereocenters. The van der Waals surface area contributed by atoms with Crippen LogP contribution >= 0.6 is 0 Å². The number of aryl methyl sites for hydroxylation is 2. The zero-order valence-electron chi connectivity index (χ0n) is 9.49. The molecule has 0 saturated carbocycles. The van der Waals surface area contributed by atoms with Crippen molar-refractivity contribution in [2.24, 2.45) is 0 Å². The highest BCUT2D eigenvalue weighted by Crippen LogP contribution is 2.22. The first kappa shape index (κ1) is 10.9. The van der Waals surface area contributed by atoms with E-state index in [1.807, 2.05) is 20.0 Å². The molecular formula is C11H15N3O2. The summed E-state index contributed by atoms with van der Waals surface area (Å²) in [6.07, 6.45) is 3.41. The Morgan fingerprint density at radius 3 is 2.94 bits per heavy atom. The van der Waals surface area contributed by atoms with Crippen LogP contribution in [-0.2, 0) is 6.42 Å². The summed E-state index contributed by atoms with van der Waals surface area (Å²) in [5, 5.41) is 11.1. The lowest BCUT2D eigenvalue weighted by Crippen LogP contribution is -2.08. The minimum absolute atomic E-state index is 0.533. The van der Waals surface area contributed by atoms with Crippen LogP contribution in [0.1, 0.15) is 18.1 Å². The topological polar surface area (TPSA) is 64.1 Å². The molecule has 0 radical (unpaired) electrons. The Morgan fingerprint density at radius 2 is 2.25 bits per heavy atom. The largest absolute Gasteiger partial charge is 0.469 e. The highest BCUT2D eigenvalue weighted by molar-refractivity contribution is 5.54. The lowest BCUT2D eigenvalue weighted by Gasteiger charge is -1.94. The number of nitrogens with one attached hydrogen (secondary N) is 1. The molecule has 0 aromatic carbocycles. The number of aromatic nitrogens is 2. The Bertz CT molecular complexity index is 448. The molecule has 0 aliphatic heterocycles. The van der Waals surface area contributed by atoms with E-state index < -0.39 is 0 Å². The van der Waals surface area contributed by atoms with Gasteiger partial charge in [0.05, 0.1) is 11.8 Å². The number of furan rings is 1. The average molecular weight is 221 g/mol. The number of rotatable bonds is 5. The fourth-order valence-corrected chi connectivity index (χ4v) is 1.49. The molecule has 2 aromatic heterocycles. The molecule has 0 saturated heterocycles. The summed E-state index contributed by atoms with van der Waals surface area (Å²) >= 11 is 0. The number of nitrogens with zero attached hydrogens (tertiary/aromatic N) is 2. The highest BCUT2D eigenvalue weighted by atomic mass is 16.4. The molecule has 2 aromatic rings. The average Bonchev–Trinajstić information content (AvgIpc) is 2.87. The van der Waals surface area contributed by atoms with Crippen LogP contribution in [0.3, 0.4) is 0 Å². The van der Waals surface area contributed by atoms with Gasteiger partial charge in [-0.25, -0.2) is 0 Å². The standard InChI is InChI=1S/C11H15N3O2/c1-8-9(5-7-15-8)11-14-13-10(16-11)4-3-6-12-2/h5,7,12H,3-4,6H2,1-2H3. The lowest BCUT2D eigenvalue weighted by atomic mass is 10.3. The van der Waals surface area contributed by atoms with E-state index in [9.17, 15) is 0 Å². The predicted molar refractivity (Wildman–Crippen MR) is 59.0 cm³/mol. The molecular weight excluding hydrogens is 206 g/mol. The van der Waals surface area contributed by atoms with Crippen LogP contribution < -0.4 is 5.32 Å². The van der Waals surface area contributed by atoms with Gasteiger partial charge in [0.25, 0.3) is 5.89 Å². The van der Waals surface area contributed by atoms with E-state index in [1.54, 1.807) is 6.26 Å². The van der Waals surface area contributed by atoms with Crippen molar-refractivity contribution < 1.29 is 8.83 Å². The van der Waals surface area contributed by atoms with Gasteiger partial charge in [-0.3, -0.25) is 0 Å². The van der Waals surface area contributed by atoms with Gasteiger partial charge >= 0.3 is 0 Å². The van der Waals surface area contributed by atoms with Crippen molar-refractivity contribution in [1.82, 2.24) is 15.5 Å². The third-order valence-corrected chi connectivity index (χ3v) is 2.37. The van der Waals surface area contributed by atoms with Gasteiger partial charge in [-0.1, -0.05) is 0 Å². The molecule has 0 amide bonds. The monoisotopic (exact) mass is 221 g/mol. The molecule has 0 fully saturated rings. The van der Waals surface area contributed by atoms with Gasteiger partial charge in [-0.15, -0.1) is 10.2 Å². The van der Waals surface area contributed by atoms with Crippen LogP contribution in [0.15, 0.2) is 21.2 Å². The molecule has 0 spiro atoms. The molecule has 0 bridgehead atoms. The second-order valence-corrected chi connectivity index (χ2v) is 3.60. The van der Waals surface area contributed by atoms with E-state index in [4.69, 9.17) is 8.83 Å². The third-order valence-electron chi connectivity index (χ3n) is 2.37. The first-order valence-corrected chi connectivity index (χ1v) is 5.32. The molecule has 0 unspecified atom stereocenters. The fourth-order valence-electron chi connectivity index (χ4n) is 1.49. The molecule has 0 aliphatic carbocycles. The van der Waals surface area contributed by atoms with Crippen LogP contribution in [0, 0.1) is 6.92 Å². The van der Waals surface area contributed by atoms with Crippen molar-refractivity contribution in [1.29, 1.82) is 0 Å². The Morgan fingerprint density at radius 1 is 1.38 bits per heavy atom. The van der Waals surface area contributed by atoms with Crippen LogP contribution in [-0.4, -0.2) is 23.8 Å². The number of hydrogen-bond acceptors (Lipinski definition) is 5. The van der Waals surface area contributed by atoms with Crippen molar-refractivity contribution in [2.75, 3.05) is 13.6 Å². The van der Waals surface area contributed by atoms with Gasteiger partial charge in [0.15, 0.2) is 0 Å². The second kappa shape index (κ2) is 4.94. The van der Waals surface area contributed by atoms with Crippen LogP contribution in [0.4, 0.5) is 0 Å². The zero-order chi connectivity index (χ0) is 11.4. The summed E-state index contributed by atoms with van der Waals surface area (Å²) in [7, 11) is 1.92. The van der Waals surface area contributed by atoms with E-state index in [0.717, 1.165) is 30.7 Å². The number of hydrogen-bond donors (Lipinski definition) is 1. The Balaban J connectivity index is 2.05. The van der Waals surface area contributed by atoms with Gasteiger partial charge in [-0.05, 0) is 33.0 Å². The molecule has 2 rings (SSSR count). The van der Waals surface area contributed by atoms with E-state index in [2.05, 4.69) is 15.5 Å². The Kier molecular flexibility index (Phi) is 3.36. The van der Waals surface area contributed by atoms with Gasteiger partial charge < -0.3 is 14.2 Å². The normalized spacial score (nSPS) is 10.9. The van der Waals surface area contributed by atoms with Crippen molar-refractivity contribution in [3.8, 4) is 11.5 Å². The molecule has 86 valence electrons. The van der Waals surface area contributed by atoms with Gasteiger partial charge in [-0.2, -0.15) is 0 Å². The zero-order valence-corrected chi connectivity index (χ0v) is 9.49. The molecule has 1 N–H and O–H groups in total. The quantitative estimate of drug-likeness (QED) is 0.780. The van der Waals surface area contributed by atoms with Crippen LogP contribution in [0.5, 0.6) is 0 Å². The van der Waals surface area contributed by atoms with Gasteiger partial charge in [0.2, 0.25) is 5.89 Å². The van der Waals surface area contributed by atoms with Crippen molar-refractivity contribution >= 4 is 0 Å². The first-order chi connectivity index (χ1) is 7.81. The van der Waals surface area contributed by atoms with E-state index in [-0.39, 0.29) is 0 Å². The highest BCUT2D eigenvalue weighted by Gasteiger charge is 2.12. The Labute approximate surface area is 93.9 Å².